The van der Waals surface area contributed by atoms with Gasteiger partial charge in [0, 0.05) is 11.6 Å². The fraction of sp³-hybridized carbons (Fsp3) is 0.182. The molecule has 0 spiro atoms. The predicted octanol–water partition coefficient (Wildman–Crippen LogP) is 2.38. The smallest absolute Gasteiger partial charge is 0.357 e. The number of aryl methyl sites for hydroxylation is 1. The molecule has 2 aromatic heterocycles. The van der Waals surface area contributed by atoms with Crippen molar-refractivity contribution in [2.45, 2.75) is 6.92 Å². The van der Waals surface area contributed by atoms with Crippen molar-refractivity contribution in [2.75, 3.05) is 12.4 Å². The zero-order valence-electron chi connectivity index (χ0n) is 9.43. The molecule has 0 atom stereocenters. The largest absolute Gasteiger partial charge is 0.464 e. The third-order valence-corrected chi connectivity index (χ3v) is 2.94. The molecule has 17 heavy (non-hydrogen) atoms. The molecule has 1 N–H and O–H groups in total. The third-order valence-electron chi connectivity index (χ3n) is 2.18. The number of ether oxygens (including phenoxy) is 1. The Morgan fingerprint density at radius 3 is 3.06 bits per heavy atom. The standard InChI is InChI=1S/C11H11N3O2S/c1-7-3-4-12-5-8(7)13-11-14-9(6-17-11)10(15)16-2/h3-6H,1-2H3,(H,13,14). The van der Waals surface area contributed by atoms with Crippen molar-refractivity contribution in [1.82, 2.24) is 9.97 Å². The van der Waals surface area contributed by atoms with Crippen LogP contribution in [0.4, 0.5) is 10.8 Å². The van der Waals surface area contributed by atoms with Crippen LogP contribution in [0.2, 0.25) is 0 Å². The molecule has 0 aliphatic heterocycles. The predicted molar refractivity (Wildman–Crippen MR) is 65.7 cm³/mol. The normalized spacial score (nSPS) is 10.0. The second-order valence-corrected chi connectivity index (χ2v) is 4.20. The molecule has 5 nitrogen and oxygen atoms in total. The highest BCUT2D eigenvalue weighted by molar-refractivity contribution is 7.14. The summed E-state index contributed by atoms with van der Waals surface area (Å²) >= 11 is 1.35. The Morgan fingerprint density at radius 1 is 1.53 bits per heavy atom. The van der Waals surface area contributed by atoms with Crippen LogP contribution in [0, 0.1) is 6.92 Å². The highest BCUT2D eigenvalue weighted by Crippen LogP contribution is 2.22. The number of nitrogens with zero attached hydrogens (tertiary/aromatic N) is 2. The minimum absolute atomic E-state index is 0.307. The average Bonchev–Trinajstić information content (AvgIpc) is 2.80. The van der Waals surface area contributed by atoms with Crippen LogP contribution < -0.4 is 5.32 Å². The maximum Gasteiger partial charge on any atom is 0.357 e. The molecule has 2 heterocycles. The van der Waals surface area contributed by atoms with Crippen molar-refractivity contribution in [3.05, 3.63) is 35.1 Å². The van der Waals surface area contributed by atoms with Gasteiger partial charge in [-0.15, -0.1) is 11.3 Å². The van der Waals surface area contributed by atoms with Gasteiger partial charge in [0.05, 0.1) is 19.0 Å². The molecule has 6 heteroatoms. The van der Waals surface area contributed by atoms with E-state index in [4.69, 9.17) is 0 Å². The van der Waals surface area contributed by atoms with Crippen molar-refractivity contribution in [2.24, 2.45) is 0 Å². The maximum absolute atomic E-state index is 11.2. The summed E-state index contributed by atoms with van der Waals surface area (Å²) in [5.74, 6) is -0.433. The average molecular weight is 249 g/mol. The number of hydrogen-bond acceptors (Lipinski definition) is 6. The van der Waals surface area contributed by atoms with E-state index in [1.54, 1.807) is 17.8 Å². The number of thiazole rings is 1. The van der Waals surface area contributed by atoms with Gasteiger partial charge in [-0.3, -0.25) is 4.98 Å². The number of nitrogens with one attached hydrogen (secondary N) is 1. The summed E-state index contributed by atoms with van der Waals surface area (Å²) in [4.78, 5) is 19.4. The number of pyridine rings is 1. The van der Waals surface area contributed by atoms with Crippen LogP contribution in [0.3, 0.4) is 0 Å². The first-order valence-corrected chi connectivity index (χ1v) is 5.80. The van der Waals surface area contributed by atoms with Crippen molar-refractivity contribution in [3.8, 4) is 0 Å². The molecule has 0 aliphatic rings. The molecule has 0 saturated carbocycles. The highest BCUT2D eigenvalue weighted by atomic mass is 32.1. The van der Waals surface area contributed by atoms with Crippen molar-refractivity contribution in [3.63, 3.8) is 0 Å². The summed E-state index contributed by atoms with van der Waals surface area (Å²) in [6.45, 7) is 1.97. The van der Waals surface area contributed by atoms with E-state index >= 15 is 0 Å². The Labute approximate surface area is 102 Å². The molecule has 0 saturated heterocycles. The first-order chi connectivity index (χ1) is 8.20. The van der Waals surface area contributed by atoms with Gasteiger partial charge in [-0.2, -0.15) is 0 Å². The van der Waals surface area contributed by atoms with Crippen LogP contribution in [0.15, 0.2) is 23.8 Å². The lowest BCUT2D eigenvalue weighted by Crippen LogP contribution is -2.01. The Kier molecular flexibility index (Phi) is 3.34. The van der Waals surface area contributed by atoms with E-state index in [2.05, 4.69) is 20.0 Å². The van der Waals surface area contributed by atoms with Crippen LogP contribution in [0.1, 0.15) is 16.1 Å². The fourth-order valence-electron chi connectivity index (χ4n) is 1.24. The molecule has 0 fully saturated rings. The van der Waals surface area contributed by atoms with Gasteiger partial charge in [0.25, 0.3) is 0 Å². The highest BCUT2D eigenvalue weighted by Gasteiger charge is 2.10. The number of rotatable bonds is 3. The van der Waals surface area contributed by atoms with Gasteiger partial charge < -0.3 is 10.1 Å². The fourth-order valence-corrected chi connectivity index (χ4v) is 1.93. The van der Waals surface area contributed by atoms with Gasteiger partial charge in [-0.05, 0) is 18.6 Å². The van der Waals surface area contributed by atoms with E-state index < -0.39 is 5.97 Å². The zero-order chi connectivity index (χ0) is 12.3. The Balaban J connectivity index is 2.17. The van der Waals surface area contributed by atoms with Crippen LogP contribution in [-0.4, -0.2) is 23.0 Å². The molecule has 0 bridgehead atoms. The number of aromatic nitrogens is 2. The Hall–Kier alpha value is -1.95. The minimum atomic E-state index is -0.433. The van der Waals surface area contributed by atoms with Crippen LogP contribution >= 0.6 is 11.3 Å². The first-order valence-electron chi connectivity index (χ1n) is 4.92. The first kappa shape index (κ1) is 11.5. The summed E-state index contributed by atoms with van der Waals surface area (Å²) in [6.07, 6.45) is 3.44. The van der Waals surface area contributed by atoms with E-state index in [1.165, 1.54) is 18.4 Å². The zero-order valence-corrected chi connectivity index (χ0v) is 10.2. The minimum Gasteiger partial charge on any atom is -0.464 e. The lowest BCUT2D eigenvalue weighted by Gasteiger charge is -2.04. The molecule has 0 unspecified atom stereocenters. The van der Waals surface area contributed by atoms with Crippen molar-refractivity contribution < 1.29 is 9.53 Å². The lowest BCUT2D eigenvalue weighted by atomic mass is 10.2. The van der Waals surface area contributed by atoms with Gasteiger partial charge in [-0.25, -0.2) is 9.78 Å². The quantitative estimate of drug-likeness (QED) is 0.846. The van der Waals surface area contributed by atoms with Gasteiger partial charge in [0.15, 0.2) is 10.8 Å². The van der Waals surface area contributed by atoms with Gasteiger partial charge in [0.1, 0.15) is 0 Å². The molecular weight excluding hydrogens is 238 g/mol. The van der Waals surface area contributed by atoms with E-state index in [1.807, 2.05) is 13.0 Å². The Morgan fingerprint density at radius 2 is 2.35 bits per heavy atom. The van der Waals surface area contributed by atoms with Crippen LogP contribution in [0.25, 0.3) is 0 Å². The second kappa shape index (κ2) is 4.92. The summed E-state index contributed by atoms with van der Waals surface area (Å²) in [5.41, 5.74) is 2.25. The molecule has 2 aromatic rings. The SMILES string of the molecule is COC(=O)c1csc(Nc2cnccc2C)n1. The van der Waals surface area contributed by atoms with Crippen molar-refractivity contribution in [1.29, 1.82) is 0 Å². The summed E-state index contributed by atoms with van der Waals surface area (Å²) < 4.78 is 4.59. The number of hydrogen-bond donors (Lipinski definition) is 1. The van der Waals surface area contributed by atoms with E-state index in [9.17, 15) is 4.79 Å². The van der Waals surface area contributed by atoms with Gasteiger partial charge >= 0.3 is 5.97 Å². The molecule has 0 amide bonds. The molecule has 0 aromatic carbocycles. The van der Waals surface area contributed by atoms with Gasteiger partial charge in [-0.1, -0.05) is 0 Å². The third kappa shape index (κ3) is 2.59. The van der Waals surface area contributed by atoms with Crippen LogP contribution in [0.5, 0.6) is 0 Å². The van der Waals surface area contributed by atoms with E-state index in [-0.39, 0.29) is 0 Å². The maximum atomic E-state index is 11.2. The summed E-state index contributed by atoms with van der Waals surface area (Å²) in [5, 5.41) is 5.40. The van der Waals surface area contributed by atoms with E-state index in [0.29, 0.717) is 10.8 Å². The van der Waals surface area contributed by atoms with Gasteiger partial charge in [0.2, 0.25) is 0 Å². The Bertz CT molecular complexity index is 539. The summed E-state index contributed by atoms with van der Waals surface area (Å²) in [6, 6.07) is 1.90. The van der Waals surface area contributed by atoms with Crippen molar-refractivity contribution >= 4 is 28.1 Å². The number of carbonyl (C=O) groups excluding carboxylic acids is 1. The monoisotopic (exact) mass is 249 g/mol. The molecule has 0 radical (unpaired) electrons. The second-order valence-electron chi connectivity index (χ2n) is 3.35. The number of esters is 1. The number of anilines is 2. The molecule has 2 rings (SSSR count). The lowest BCUT2D eigenvalue weighted by molar-refractivity contribution is 0.0595. The number of methoxy groups -OCH3 is 1. The summed E-state index contributed by atoms with van der Waals surface area (Å²) in [7, 11) is 1.33. The molecular formula is C11H11N3O2S. The van der Waals surface area contributed by atoms with Crippen LogP contribution in [-0.2, 0) is 4.74 Å². The number of carbonyl (C=O) groups is 1. The topological polar surface area (TPSA) is 64.1 Å². The van der Waals surface area contributed by atoms with E-state index in [0.717, 1.165) is 11.3 Å². The molecule has 88 valence electrons. The molecule has 0 aliphatic carbocycles.